The van der Waals surface area contributed by atoms with Crippen LogP contribution in [0.1, 0.15) is 22.3 Å². The summed E-state index contributed by atoms with van der Waals surface area (Å²) in [5.74, 6) is 1.66. The molecule has 6 rings (SSSR count). The minimum Gasteiger partial charge on any atom is -0.340 e. The highest BCUT2D eigenvalue weighted by molar-refractivity contribution is 5.95. The second-order valence-electron chi connectivity index (χ2n) is 8.98. The lowest BCUT2D eigenvalue weighted by molar-refractivity contribution is 0.0767. The molecule has 7 heteroatoms. The number of hydrogen-bond acceptors (Lipinski definition) is 5. The maximum absolute atomic E-state index is 13.2. The summed E-state index contributed by atoms with van der Waals surface area (Å²) in [7, 11) is 0. The molecule has 1 aliphatic heterocycles. The number of hydrogen-bond donors (Lipinski definition) is 0. The van der Waals surface area contributed by atoms with Crippen LogP contribution in [0, 0.1) is 6.92 Å². The van der Waals surface area contributed by atoms with Gasteiger partial charge in [0.2, 0.25) is 5.95 Å². The number of rotatable bonds is 3. The normalized spacial score (nSPS) is 14.4. The third-order valence-electron chi connectivity index (χ3n) is 6.62. The molecule has 0 spiro atoms. The van der Waals surface area contributed by atoms with Crippen molar-refractivity contribution in [1.82, 2.24) is 24.5 Å². The van der Waals surface area contributed by atoms with Gasteiger partial charge in [0.05, 0.1) is 5.52 Å². The molecule has 0 radical (unpaired) electrons. The lowest BCUT2D eigenvalue weighted by Gasteiger charge is -2.24. The monoisotopic (exact) mass is 462 g/mol. The van der Waals surface area contributed by atoms with Crippen molar-refractivity contribution in [3.05, 3.63) is 90.0 Å². The lowest BCUT2D eigenvalue weighted by Crippen LogP contribution is -2.36. The standard InChI is InChI=1S/C28H26N6O/c1-20-12-14-22(15-13-20)27(35)32-16-7-17-33(19-18-32)28-29-24-11-6-5-10-23(24)26-31-30-25(34(26)28)21-8-3-2-4-9-21/h2-6,8-15H,7,16-19H2,1H3. The summed E-state index contributed by atoms with van der Waals surface area (Å²) in [4.78, 5) is 22.4. The highest BCUT2D eigenvalue weighted by Crippen LogP contribution is 2.29. The van der Waals surface area contributed by atoms with Gasteiger partial charge in [0.15, 0.2) is 11.5 Å². The average Bonchev–Trinajstić information content (AvgIpc) is 3.20. The number of aryl methyl sites for hydroxylation is 1. The Morgan fingerprint density at radius 1 is 0.800 bits per heavy atom. The van der Waals surface area contributed by atoms with E-state index < -0.39 is 0 Å². The van der Waals surface area contributed by atoms with Crippen LogP contribution in [0.3, 0.4) is 0 Å². The zero-order valence-corrected chi connectivity index (χ0v) is 19.6. The molecule has 3 aromatic carbocycles. The van der Waals surface area contributed by atoms with Gasteiger partial charge in [0, 0.05) is 42.7 Å². The Bertz CT molecular complexity index is 1510. The fraction of sp³-hybridized carbons (Fsp3) is 0.214. The van der Waals surface area contributed by atoms with E-state index in [0.29, 0.717) is 19.6 Å². The van der Waals surface area contributed by atoms with E-state index in [0.717, 1.165) is 58.0 Å². The SMILES string of the molecule is Cc1ccc(C(=O)N2CCCN(c3nc4ccccc4c4nnc(-c5ccccc5)n34)CC2)cc1. The van der Waals surface area contributed by atoms with Crippen LogP contribution in [-0.4, -0.2) is 56.6 Å². The van der Waals surface area contributed by atoms with Gasteiger partial charge in [-0.15, -0.1) is 10.2 Å². The van der Waals surface area contributed by atoms with Gasteiger partial charge in [0.1, 0.15) is 0 Å². The van der Waals surface area contributed by atoms with Crippen molar-refractivity contribution >= 4 is 28.4 Å². The fourth-order valence-electron chi connectivity index (χ4n) is 4.75. The van der Waals surface area contributed by atoms with Crippen molar-refractivity contribution in [1.29, 1.82) is 0 Å². The number of anilines is 1. The van der Waals surface area contributed by atoms with Crippen LogP contribution in [-0.2, 0) is 0 Å². The largest absolute Gasteiger partial charge is 0.340 e. The number of fused-ring (bicyclic) bond motifs is 3. The van der Waals surface area contributed by atoms with Crippen molar-refractivity contribution in [2.24, 2.45) is 0 Å². The molecule has 2 aromatic heterocycles. The number of benzene rings is 3. The number of para-hydroxylation sites is 1. The Morgan fingerprint density at radius 3 is 2.40 bits per heavy atom. The predicted molar refractivity (Wildman–Crippen MR) is 138 cm³/mol. The van der Waals surface area contributed by atoms with Crippen LogP contribution in [0.15, 0.2) is 78.9 Å². The fourth-order valence-corrected chi connectivity index (χ4v) is 4.75. The molecule has 3 heterocycles. The maximum atomic E-state index is 13.2. The quantitative estimate of drug-likeness (QED) is 0.392. The van der Waals surface area contributed by atoms with Gasteiger partial charge >= 0.3 is 0 Å². The first-order valence-electron chi connectivity index (χ1n) is 12.0. The Labute approximate surface area is 203 Å². The predicted octanol–water partition coefficient (Wildman–Crippen LogP) is 4.61. The summed E-state index contributed by atoms with van der Waals surface area (Å²) in [5.41, 5.74) is 4.56. The van der Waals surface area contributed by atoms with Gasteiger partial charge in [-0.05, 0) is 37.6 Å². The summed E-state index contributed by atoms with van der Waals surface area (Å²) in [6.45, 7) is 4.86. The Hall–Kier alpha value is -4.26. The van der Waals surface area contributed by atoms with Crippen LogP contribution in [0.4, 0.5) is 5.95 Å². The Morgan fingerprint density at radius 2 is 1.57 bits per heavy atom. The smallest absolute Gasteiger partial charge is 0.253 e. The molecule has 0 aliphatic carbocycles. The van der Waals surface area contributed by atoms with E-state index >= 15 is 0 Å². The first-order valence-corrected chi connectivity index (χ1v) is 12.0. The van der Waals surface area contributed by atoms with Crippen LogP contribution in [0.5, 0.6) is 0 Å². The molecule has 0 unspecified atom stereocenters. The molecule has 1 aliphatic rings. The van der Waals surface area contributed by atoms with E-state index in [2.05, 4.69) is 19.5 Å². The van der Waals surface area contributed by atoms with Crippen molar-refractivity contribution < 1.29 is 4.79 Å². The van der Waals surface area contributed by atoms with Crippen molar-refractivity contribution in [2.75, 3.05) is 31.1 Å². The number of carbonyl (C=O) groups is 1. The zero-order valence-electron chi connectivity index (χ0n) is 19.6. The summed E-state index contributed by atoms with van der Waals surface area (Å²) >= 11 is 0. The lowest BCUT2D eigenvalue weighted by atomic mass is 10.1. The van der Waals surface area contributed by atoms with Crippen LogP contribution in [0.2, 0.25) is 0 Å². The molecule has 1 amide bonds. The summed E-state index contributed by atoms with van der Waals surface area (Å²) in [5, 5.41) is 10.1. The molecule has 1 fully saturated rings. The van der Waals surface area contributed by atoms with Gasteiger partial charge in [-0.3, -0.25) is 4.79 Å². The topological polar surface area (TPSA) is 66.6 Å². The second kappa shape index (κ2) is 8.83. The van der Waals surface area contributed by atoms with Gasteiger partial charge < -0.3 is 9.80 Å². The van der Waals surface area contributed by atoms with Crippen molar-refractivity contribution in [2.45, 2.75) is 13.3 Å². The van der Waals surface area contributed by atoms with Crippen LogP contribution >= 0.6 is 0 Å². The van der Waals surface area contributed by atoms with Crippen LogP contribution in [0.25, 0.3) is 27.9 Å². The molecular weight excluding hydrogens is 436 g/mol. The molecule has 7 nitrogen and oxygen atoms in total. The molecule has 35 heavy (non-hydrogen) atoms. The van der Waals surface area contributed by atoms with Gasteiger partial charge in [-0.2, -0.15) is 0 Å². The summed E-state index contributed by atoms with van der Waals surface area (Å²) < 4.78 is 2.06. The van der Waals surface area contributed by atoms with Gasteiger partial charge in [-0.25, -0.2) is 9.38 Å². The molecule has 174 valence electrons. The zero-order chi connectivity index (χ0) is 23.8. The van der Waals surface area contributed by atoms with Crippen molar-refractivity contribution in [3.63, 3.8) is 0 Å². The minimum atomic E-state index is 0.0812. The third kappa shape index (κ3) is 3.89. The second-order valence-corrected chi connectivity index (χ2v) is 8.98. The van der Waals surface area contributed by atoms with E-state index in [-0.39, 0.29) is 5.91 Å². The summed E-state index contributed by atoms with van der Waals surface area (Å²) in [6, 6.07) is 25.9. The van der Waals surface area contributed by atoms with E-state index in [1.807, 2.05) is 90.7 Å². The molecule has 0 atom stereocenters. The third-order valence-corrected chi connectivity index (χ3v) is 6.62. The number of amides is 1. The van der Waals surface area contributed by atoms with Crippen LogP contribution < -0.4 is 4.90 Å². The number of aromatic nitrogens is 4. The molecule has 0 N–H and O–H groups in total. The molecule has 0 bridgehead atoms. The Kier molecular flexibility index (Phi) is 5.37. The average molecular weight is 463 g/mol. The molecule has 1 saturated heterocycles. The highest BCUT2D eigenvalue weighted by Gasteiger charge is 2.25. The van der Waals surface area contributed by atoms with Gasteiger partial charge in [-0.1, -0.05) is 60.2 Å². The molecular formula is C28H26N6O. The number of nitrogens with zero attached hydrogens (tertiary/aromatic N) is 6. The van der Waals surface area contributed by atoms with E-state index in [1.165, 1.54) is 0 Å². The highest BCUT2D eigenvalue weighted by atomic mass is 16.2. The first kappa shape index (κ1) is 21.3. The van der Waals surface area contributed by atoms with E-state index in [1.54, 1.807) is 0 Å². The van der Waals surface area contributed by atoms with Gasteiger partial charge in [0.25, 0.3) is 5.91 Å². The summed E-state index contributed by atoms with van der Waals surface area (Å²) in [6.07, 6.45) is 0.858. The Balaban J connectivity index is 1.39. The minimum absolute atomic E-state index is 0.0812. The first-order chi connectivity index (χ1) is 17.2. The molecule has 0 saturated carbocycles. The van der Waals surface area contributed by atoms with E-state index in [9.17, 15) is 4.79 Å². The number of carbonyl (C=O) groups excluding carboxylic acids is 1. The van der Waals surface area contributed by atoms with Crippen molar-refractivity contribution in [3.8, 4) is 11.4 Å². The van der Waals surface area contributed by atoms with E-state index in [4.69, 9.17) is 4.98 Å². The molecule has 5 aromatic rings. The maximum Gasteiger partial charge on any atom is 0.253 e.